The van der Waals surface area contributed by atoms with Crippen LogP contribution in [0.15, 0.2) is 53.0 Å². The number of halogens is 1. The van der Waals surface area contributed by atoms with Crippen molar-refractivity contribution in [3.8, 4) is 0 Å². The second kappa shape index (κ2) is 8.14. The van der Waals surface area contributed by atoms with Gasteiger partial charge in [-0.15, -0.1) is 0 Å². The maximum Gasteiger partial charge on any atom is 0.325 e. The Balaban J connectivity index is 1.80. The minimum Gasteiger partial charge on any atom is -0.323 e. The van der Waals surface area contributed by atoms with E-state index < -0.39 is 23.4 Å². The highest BCUT2D eigenvalue weighted by Crippen LogP contribution is 2.33. The van der Waals surface area contributed by atoms with Gasteiger partial charge in [0.25, 0.3) is 5.91 Å². The molecule has 1 unspecified atom stereocenters. The third-order valence-corrected chi connectivity index (χ3v) is 5.42. The molecule has 1 saturated heterocycles. The highest BCUT2D eigenvalue weighted by molar-refractivity contribution is 9.10. The smallest absolute Gasteiger partial charge is 0.323 e. The lowest BCUT2D eigenvalue weighted by Crippen LogP contribution is -2.44. The fourth-order valence-electron chi connectivity index (χ4n) is 3.43. The minimum absolute atomic E-state index is 0.344. The van der Waals surface area contributed by atoms with Crippen molar-refractivity contribution in [2.75, 3.05) is 11.9 Å². The van der Waals surface area contributed by atoms with E-state index in [0.717, 1.165) is 20.5 Å². The van der Waals surface area contributed by atoms with Crippen LogP contribution in [0.2, 0.25) is 0 Å². The predicted molar refractivity (Wildman–Crippen MR) is 111 cm³/mol. The third-order valence-electron chi connectivity index (χ3n) is 4.77. The van der Waals surface area contributed by atoms with Crippen LogP contribution in [0, 0.1) is 6.92 Å². The molecule has 28 heavy (non-hydrogen) atoms. The van der Waals surface area contributed by atoms with Crippen molar-refractivity contribution < 1.29 is 14.4 Å². The van der Waals surface area contributed by atoms with Crippen LogP contribution in [-0.4, -0.2) is 29.3 Å². The molecule has 7 heteroatoms. The van der Waals surface area contributed by atoms with E-state index in [1.54, 1.807) is 6.07 Å². The largest absolute Gasteiger partial charge is 0.325 e. The van der Waals surface area contributed by atoms with Crippen LogP contribution in [0.4, 0.5) is 10.5 Å². The standard InChI is InChI=1S/C21H22BrN3O3/c1-3-11-21(15-7-5-4-6-8-15)19(27)25(20(28)24-21)13-18(26)23-17-10-9-14(2)12-16(17)22/h4-10,12H,3,11,13H2,1-2H3,(H,23,26)(H,24,28). The summed E-state index contributed by atoms with van der Waals surface area (Å²) in [5, 5.41) is 5.57. The first-order valence-electron chi connectivity index (χ1n) is 9.13. The fourth-order valence-corrected chi connectivity index (χ4v) is 4.02. The van der Waals surface area contributed by atoms with Crippen LogP contribution in [0.3, 0.4) is 0 Å². The summed E-state index contributed by atoms with van der Waals surface area (Å²) in [4.78, 5) is 39.2. The number of carbonyl (C=O) groups excluding carboxylic acids is 3. The zero-order valence-corrected chi connectivity index (χ0v) is 17.4. The number of urea groups is 1. The molecule has 6 nitrogen and oxygen atoms in total. The van der Waals surface area contributed by atoms with Crippen molar-refractivity contribution in [1.29, 1.82) is 0 Å². The van der Waals surface area contributed by atoms with E-state index in [0.29, 0.717) is 18.5 Å². The van der Waals surface area contributed by atoms with Gasteiger partial charge in [0.2, 0.25) is 5.91 Å². The van der Waals surface area contributed by atoms with Gasteiger partial charge in [-0.2, -0.15) is 0 Å². The Morgan fingerprint density at radius 3 is 2.54 bits per heavy atom. The summed E-state index contributed by atoms with van der Waals surface area (Å²) in [6, 6.07) is 14.1. The molecule has 2 N–H and O–H groups in total. The van der Waals surface area contributed by atoms with Crippen molar-refractivity contribution in [2.45, 2.75) is 32.2 Å². The SMILES string of the molecule is CCCC1(c2ccccc2)NC(=O)N(CC(=O)Nc2ccc(C)cc2Br)C1=O. The molecular weight excluding hydrogens is 422 g/mol. The molecule has 1 aliphatic heterocycles. The van der Waals surface area contributed by atoms with Gasteiger partial charge in [-0.25, -0.2) is 4.79 Å². The number of nitrogens with one attached hydrogen (secondary N) is 2. The van der Waals surface area contributed by atoms with Crippen LogP contribution >= 0.6 is 15.9 Å². The maximum absolute atomic E-state index is 13.2. The summed E-state index contributed by atoms with van der Waals surface area (Å²) in [5.41, 5.74) is 1.23. The molecule has 1 fully saturated rings. The number of amides is 4. The monoisotopic (exact) mass is 443 g/mol. The first kappa shape index (κ1) is 20.1. The van der Waals surface area contributed by atoms with Crippen molar-refractivity contribution >= 4 is 39.5 Å². The number of hydrogen-bond donors (Lipinski definition) is 2. The molecule has 4 amide bonds. The maximum atomic E-state index is 13.2. The van der Waals surface area contributed by atoms with Crippen LogP contribution in [-0.2, 0) is 15.1 Å². The van der Waals surface area contributed by atoms with Gasteiger partial charge < -0.3 is 10.6 Å². The number of benzene rings is 2. The molecule has 0 aromatic heterocycles. The molecule has 2 aromatic rings. The quantitative estimate of drug-likeness (QED) is 0.663. The highest BCUT2D eigenvalue weighted by Gasteiger charge is 2.52. The van der Waals surface area contributed by atoms with Crippen LogP contribution in [0.25, 0.3) is 0 Å². The Labute approximate surface area is 172 Å². The number of rotatable bonds is 6. The average Bonchev–Trinajstić information content (AvgIpc) is 2.90. The molecule has 1 heterocycles. The normalized spacial score (nSPS) is 18.9. The van der Waals surface area contributed by atoms with Gasteiger partial charge in [-0.1, -0.05) is 49.7 Å². The Bertz CT molecular complexity index is 916. The first-order valence-corrected chi connectivity index (χ1v) is 9.92. The second-order valence-electron chi connectivity index (χ2n) is 6.87. The van der Waals surface area contributed by atoms with Crippen molar-refractivity contribution in [3.05, 3.63) is 64.1 Å². The van der Waals surface area contributed by atoms with Crippen LogP contribution in [0.1, 0.15) is 30.9 Å². The average molecular weight is 444 g/mol. The van der Waals surface area contributed by atoms with Gasteiger partial charge >= 0.3 is 6.03 Å². The zero-order valence-electron chi connectivity index (χ0n) is 15.8. The summed E-state index contributed by atoms with van der Waals surface area (Å²) in [7, 11) is 0. The van der Waals surface area contributed by atoms with E-state index in [-0.39, 0.29) is 6.54 Å². The van der Waals surface area contributed by atoms with Gasteiger partial charge in [0.1, 0.15) is 12.1 Å². The van der Waals surface area contributed by atoms with E-state index in [1.165, 1.54) is 0 Å². The van der Waals surface area contributed by atoms with Crippen molar-refractivity contribution in [2.24, 2.45) is 0 Å². The van der Waals surface area contributed by atoms with E-state index in [2.05, 4.69) is 26.6 Å². The summed E-state index contributed by atoms with van der Waals surface area (Å²) in [5.74, 6) is -0.836. The number of aryl methyl sites for hydroxylation is 1. The fraction of sp³-hybridized carbons (Fsp3) is 0.286. The lowest BCUT2D eigenvalue weighted by atomic mass is 9.85. The molecule has 3 rings (SSSR count). The van der Waals surface area contributed by atoms with Gasteiger partial charge in [0, 0.05) is 4.47 Å². The van der Waals surface area contributed by atoms with E-state index in [4.69, 9.17) is 0 Å². The number of imide groups is 1. The molecule has 0 radical (unpaired) electrons. The van der Waals surface area contributed by atoms with E-state index in [1.807, 2.05) is 56.3 Å². The highest BCUT2D eigenvalue weighted by atomic mass is 79.9. The molecule has 1 atom stereocenters. The minimum atomic E-state index is -1.13. The molecule has 0 saturated carbocycles. The van der Waals surface area contributed by atoms with Crippen molar-refractivity contribution in [1.82, 2.24) is 10.2 Å². The molecule has 146 valence electrons. The lowest BCUT2D eigenvalue weighted by molar-refractivity contribution is -0.134. The topological polar surface area (TPSA) is 78.5 Å². The number of hydrogen-bond acceptors (Lipinski definition) is 3. The van der Waals surface area contributed by atoms with Crippen LogP contribution < -0.4 is 10.6 Å². The number of carbonyl (C=O) groups is 3. The molecule has 1 aliphatic rings. The molecule has 0 bridgehead atoms. The number of anilines is 1. The molecular formula is C21H22BrN3O3. The van der Waals surface area contributed by atoms with Gasteiger partial charge in [0.15, 0.2) is 0 Å². The third kappa shape index (κ3) is 3.80. The first-order chi connectivity index (χ1) is 13.4. The Morgan fingerprint density at radius 2 is 1.89 bits per heavy atom. The van der Waals surface area contributed by atoms with Gasteiger partial charge in [-0.3, -0.25) is 14.5 Å². The Morgan fingerprint density at radius 1 is 1.18 bits per heavy atom. The Kier molecular flexibility index (Phi) is 5.84. The number of nitrogens with zero attached hydrogens (tertiary/aromatic N) is 1. The zero-order chi connectivity index (χ0) is 20.3. The Hall–Kier alpha value is -2.67. The lowest BCUT2D eigenvalue weighted by Gasteiger charge is -2.26. The van der Waals surface area contributed by atoms with Gasteiger partial charge in [-0.05, 0) is 52.5 Å². The summed E-state index contributed by atoms with van der Waals surface area (Å²) >= 11 is 3.41. The van der Waals surface area contributed by atoms with E-state index in [9.17, 15) is 14.4 Å². The predicted octanol–water partition coefficient (Wildman–Crippen LogP) is 3.94. The van der Waals surface area contributed by atoms with E-state index >= 15 is 0 Å². The van der Waals surface area contributed by atoms with Crippen molar-refractivity contribution in [3.63, 3.8) is 0 Å². The van der Waals surface area contributed by atoms with Gasteiger partial charge in [0.05, 0.1) is 5.69 Å². The second-order valence-corrected chi connectivity index (χ2v) is 7.73. The summed E-state index contributed by atoms with van der Waals surface area (Å²) in [6.07, 6.45) is 1.17. The molecule has 0 aliphatic carbocycles. The summed E-state index contributed by atoms with van der Waals surface area (Å²) in [6.45, 7) is 3.55. The molecule has 0 spiro atoms. The molecule has 2 aromatic carbocycles. The summed E-state index contributed by atoms with van der Waals surface area (Å²) < 4.78 is 0.739. The van der Waals surface area contributed by atoms with Crippen LogP contribution in [0.5, 0.6) is 0 Å².